The zero-order valence-electron chi connectivity index (χ0n) is 4.90. The molecule has 0 saturated carbocycles. The van der Waals surface area contributed by atoms with E-state index in [1.54, 1.807) is 7.28 Å². The Bertz CT molecular complexity index is 61.1. The van der Waals surface area contributed by atoms with Gasteiger partial charge in [0.05, 0.1) is 5.68 Å². The standard InChI is InChI=1S/C5H10BO/c1-3-5(7)6-4-2/h3-4H2,1-2H3. The summed E-state index contributed by atoms with van der Waals surface area (Å²) in [6.07, 6.45) is 1.51. The summed E-state index contributed by atoms with van der Waals surface area (Å²) in [5.41, 5.74) is 0.252. The zero-order valence-corrected chi connectivity index (χ0v) is 4.90. The first-order valence-corrected chi connectivity index (χ1v) is 2.67. The van der Waals surface area contributed by atoms with Crippen molar-refractivity contribution in [1.29, 1.82) is 0 Å². The highest BCUT2D eigenvalue weighted by Crippen LogP contribution is 1.80. The largest absolute Gasteiger partial charge is 0.312 e. The SMILES string of the molecule is CC[B]C(=O)CC. The van der Waals surface area contributed by atoms with Crippen LogP contribution in [-0.2, 0) is 4.79 Å². The van der Waals surface area contributed by atoms with Crippen LogP contribution in [0.1, 0.15) is 20.3 Å². The van der Waals surface area contributed by atoms with Gasteiger partial charge in [-0.05, 0) is 6.42 Å². The molecule has 0 aromatic rings. The zero-order chi connectivity index (χ0) is 5.70. The Morgan fingerprint density at radius 1 is 1.57 bits per heavy atom. The van der Waals surface area contributed by atoms with E-state index in [9.17, 15) is 4.79 Å². The van der Waals surface area contributed by atoms with Gasteiger partial charge in [-0.1, -0.05) is 20.2 Å². The molecule has 7 heavy (non-hydrogen) atoms. The van der Waals surface area contributed by atoms with Crippen molar-refractivity contribution in [3.8, 4) is 0 Å². The van der Waals surface area contributed by atoms with E-state index < -0.39 is 0 Å². The third-order valence-corrected chi connectivity index (χ3v) is 0.780. The van der Waals surface area contributed by atoms with Crippen LogP contribution in [0.5, 0.6) is 0 Å². The second kappa shape index (κ2) is 3.91. The first-order chi connectivity index (χ1) is 3.31. The minimum atomic E-state index is 0.252. The molecule has 1 nitrogen and oxygen atoms in total. The highest BCUT2D eigenvalue weighted by molar-refractivity contribution is 6.73. The van der Waals surface area contributed by atoms with Gasteiger partial charge in [-0.3, -0.25) is 0 Å². The number of hydrogen-bond acceptors (Lipinski definition) is 1. The summed E-state index contributed by atoms with van der Waals surface area (Å²) >= 11 is 0. The van der Waals surface area contributed by atoms with Crippen molar-refractivity contribution in [2.24, 2.45) is 0 Å². The van der Waals surface area contributed by atoms with Gasteiger partial charge in [-0.25, -0.2) is 0 Å². The molecule has 39 valence electrons. The highest BCUT2D eigenvalue weighted by Gasteiger charge is 1.94. The van der Waals surface area contributed by atoms with E-state index in [0.29, 0.717) is 6.42 Å². The van der Waals surface area contributed by atoms with Gasteiger partial charge in [-0.2, -0.15) is 0 Å². The fraction of sp³-hybridized carbons (Fsp3) is 0.800. The van der Waals surface area contributed by atoms with Crippen LogP contribution in [0.25, 0.3) is 0 Å². The molecule has 0 aliphatic heterocycles. The predicted octanol–water partition coefficient (Wildman–Crippen LogP) is 1.07. The van der Waals surface area contributed by atoms with E-state index in [1.807, 2.05) is 13.8 Å². The molecule has 0 heterocycles. The average Bonchev–Trinajstić information content (AvgIpc) is 1.68. The molecule has 0 spiro atoms. The lowest BCUT2D eigenvalue weighted by Crippen LogP contribution is -2.04. The van der Waals surface area contributed by atoms with Gasteiger partial charge in [0.2, 0.25) is 7.28 Å². The molecule has 0 aromatic heterocycles. The lowest BCUT2D eigenvalue weighted by atomic mass is 9.70. The van der Waals surface area contributed by atoms with E-state index in [0.717, 1.165) is 6.32 Å². The maximum Gasteiger partial charge on any atom is 0.201 e. The van der Waals surface area contributed by atoms with E-state index >= 15 is 0 Å². The summed E-state index contributed by atoms with van der Waals surface area (Å²) in [6, 6.07) is 0. The maximum absolute atomic E-state index is 10.4. The molecular formula is C5H10BO. The number of carbonyl (C=O) groups excluding carboxylic acids is 1. The molecule has 2 heteroatoms. The molecule has 0 aliphatic rings. The average molecular weight is 96.9 g/mol. The van der Waals surface area contributed by atoms with Gasteiger partial charge in [0.15, 0.2) is 0 Å². The predicted molar refractivity (Wildman–Crippen MR) is 31.5 cm³/mol. The third-order valence-electron chi connectivity index (χ3n) is 0.780. The fourth-order valence-electron chi connectivity index (χ4n) is 0.372. The fourth-order valence-corrected chi connectivity index (χ4v) is 0.372. The maximum atomic E-state index is 10.4. The summed E-state index contributed by atoms with van der Waals surface area (Å²) in [5.74, 6) is 0. The van der Waals surface area contributed by atoms with E-state index in [-0.39, 0.29) is 5.68 Å². The Labute approximate surface area is 45.3 Å². The minimum Gasteiger partial charge on any atom is -0.312 e. The van der Waals surface area contributed by atoms with Crippen LogP contribution in [0, 0.1) is 0 Å². The number of carbonyl (C=O) groups is 1. The monoisotopic (exact) mass is 97.1 g/mol. The van der Waals surface area contributed by atoms with Gasteiger partial charge >= 0.3 is 0 Å². The van der Waals surface area contributed by atoms with Gasteiger partial charge in [0.25, 0.3) is 0 Å². The van der Waals surface area contributed by atoms with Crippen molar-refractivity contribution in [3.05, 3.63) is 0 Å². The molecule has 0 saturated heterocycles. The first kappa shape index (κ1) is 6.73. The Kier molecular flexibility index (Phi) is 3.76. The Morgan fingerprint density at radius 3 is 2.29 bits per heavy atom. The smallest absolute Gasteiger partial charge is 0.201 e. The molecule has 0 aliphatic carbocycles. The normalized spacial score (nSPS) is 8.29. The quantitative estimate of drug-likeness (QED) is 0.481. The van der Waals surface area contributed by atoms with Crippen molar-refractivity contribution in [3.63, 3.8) is 0 Å². The molecule has 0 amide bonds. The van der Waals surface area contributed by atoms with Crippen LogP contribution >= 0.6 is 0 Å². The Balaban J connectivity index is 3.00. The van der Waals surface area contributed by atoms with Crippen molar-refractivity contribution >= 4 is 13.0 Å². The topological polar surface area (TPSA) is 17.1 Å². The van der Waals surface area contributed by atoms with Crippen molar-refractivity contribution in [2.75, 3.05) is 0 Å². The van der Waals surface area contributed by atoms with E-state index in [1.165, 1.54) is 0 Å². The number of hydrogen-bond donors (Lipinski definition) is 0. The molecule has 0 bridgehead atoms. The van der Waals surface area contributed by atoms with Crippen LogP contribution in [0.15, 0.2) is 0 Å². The second-order valence-electron chi connectivity index (χ2n) is 1.43. The summed E-state index contributed by atoms with van der Waals surface area (Å²) in [7, 11) is 1.71. The molecule has 0 unspecified atom stereocenters. The highest BCUT2D eigenvalue weighted by atomic mass is 16.1. The van der Waals surface area contributed by atoms with Crippen molar-refractivity contribution in [2.45, 2.75) is 26.6 Å². The van der Waals surface area contributed by atoms with Gasteiger partial charge < -0.3 is 4.79 Å². The lowest BCUT2D eigenvalue weighted by Gasteiger charge is -1.84. The van der Waals surface area contributed by atoms with Crippen LogP contribution in [0.3, 0.4) is 0 Å². The minimum absolute atomic E-state index is 0.252. The van der Waals surface area contributed by atoms with Crippen LogP contribution in [0.4, 0.5) is 0 Å². The molecule has 0 atom stereocenters. The molecule has 0 aromatic carbocycles. The molecule has 1 radical (unpaired) electrons. The van der Waals surface area contributed by atoms with E-state index in [2.05, 4.69) is 0 Å². The summed E-state index contributed by atoms with van der Waals surface area (Å²) in [6.45, 7) is 3.84. The Hall–Kier alpha value is -0.265. The van der Waals surface area contributed by atoms with Crippen LogP contribution in [0.2, 0.25) is 6.32 Å². The lowest BCUT2D eigenvalue weighted by molar-refractivity contribution is -0.111. The third kappa shape index (κ3) is 3.57. The summed E-state index contributed by atoms with van der Waals surface area (Å²) < 4.78 is 0. The first-order valence-electron chi connectivity index (χ1n) is 2.67. The van der Waals surface area contributed by atoms with Gasteiger partial charge in [0.1, 0.15) is 0 Å². The van der Waals surface area contributed by atoms with E-state index in [4.69, 9.17) is 0 Å². The number of rotatable bonds is 3. The van der Waals surface area contributed by atoms with Crippen LogP contribution < -0.4 is 0 Å². The molecule has 0 fully saturated rings. The Morgan fingerprint density at radius 2 is 2.14 bits per heavy atom. The van der Waals surface area contributed by atoms with Gasteiger partial charge in [0, 0.05) is 0 Å². The summed E-state index contributed by atoms with van der Waals surface area (Å²) in [5, 5.41) is 0. The van der Waals surface area contributed by atoms with Crippen molar-refractivity contribution < 1.29 is 4.79 Å². The molecular weight excluding hydrogens is 86.9 g/mol. The van der Waals surface area contributed by atoms with Crippen molar-refractivity contribution in [1.82, 2.24) is 0 Å². The molecule has 0 N–H and O–H groups in total. The van der Waals surface area contributed by atoms with Gasteiger partial charge in [-0.15, -0.1) is 0 Å². The molecule has 0 rings (SSSR count). The van der Waals surface area contributed by atoms with Crippen LogP contribution in [-0.4, -0.2) is 13.0 Å². The second-order valence-corrected chi connectivity index (χ2v) is 1.43. The summed E-state index contributed by atoms with van der Waals surface area (Å²) in [4.78, 5) is 10.4.